The summed E-state index contributed by atoms with van der Waals surface area (Å²) in [4.78, 5) is 4.71. The minimum atomic E-state index is 0.774. The van der Waals surface area contributed by atoms with Crippen molar-refractivity contribution in [2.75, 3.05) is 0 Å². The second kappa shape index (κ2) is 7.56. The van der Waals surface area contributed by atoms with Crippen molar-refractivity contribution in [2.24, 2.45) is 0 Å². The van der Waals surface area contributed by atoms with E-state index >= 15 is 0 Å². The first-order valence-corrected chi connectivity index (χ1v) is 10.2. The van der Waals surface area contributed by atoms with Gasteiger partial charge < -0.3 is 8.97 Å². The number of hydrogen-bond acceptors (Lipinski definition) is 4. The fourth-order valence-corrected chi connectivity index (χ4v) is 4.03. The molecular weight excluding hydrogens is 354 g/mol. The number of benzene rings is 1. The van der Waals surface area contributed by atoms with E-state index in [4.69, 9.17) is 4.98 Å². The van der Waals surface area contributed by atoms with Gasteiger partial charge in [-0.1, -0.05) is 48.5 Å². The second-order valence-electron chi connectivity index (χ2n) is 6.82. The molecule has 0 aliphatic rings. The van der Waals surface area contributed by atoms with Crippen LogP contribution in [0.1, 0.15) is 30.2 Å². The predicted molar refractivity (Wildman–Crippen MR) is 110 cm³/mol. The molecule has 0 saturated carbocycles. The van der Waals surface area contributed by atoms with Crippen molar-refractivity contribution in [1.29, 1.82) is 0 Å². The molecule has 4 aromatic rings. The maximum atomic E-state index is 4.71. The van der Waals surface area contributed by atoms with Gasteiger partial charge in [-0.2, -0.15) is 0 Å². The Bertz CT molecular complexity index is 1080. The van der Waals surface area contributed by atoms with Gasteiger partial charge in [0.25, 0.3) is 0 Å². The third-order valence-electron chi connectivity index (χ3n) is 4.44. The van der Waals surface area contributed by atoms with Crippen LogP contribution in [0.4, 0.5) is 0 Å². The van der Waals surface area contributed by atoms with E-state index in [2.05, 4.69) is 88.7 Å². The van der Waals surface area contributed by atoms with Crippen LogP contribution in [-0.2, 0) is 12.3 Å². The van der Waals surface area contributed by atoms with Gasteiger partial charge in [-0.05, 0) is 38.0 Å². The van der Waals surface area contributed by atoms with E-state index in [9.17, 15) is 0 Å². The molecule has 3 heterocycles. The van der Waals surface area contributed by atoms with Crippen LogP contribution in [0.2, 0.25) is 0 Å². The van der Waals surface area contributed by atoms with Crippen LogP contribution in [-0.4, -0.2) is 24.1 Å². The molecule has 0 spiro atoms. The highest BCUT2D eigenvalue weighted by Gasteiger charge is 2.14. The van der Waals surface area contributed by atoms with Gasteiger partial charge in [0.15, 0.2) is 11.0 Å². The smallest absolute Gasteiger partial charge is 0.191 e. The number of nitrogens with zero attached hydrogens (tertiary/aromatic N) is 5. The van der Waals surface area contributed by atoms with Crippen molar-refractivity contribution in [2.45, 2.75) is 44.6 Å². The Hall–Kier alpha value is -2.60. The first-order chi connectivity index (χ1) is 13.1. The van der Waals surface area contributed by atoms with Gasteiger partial charge in [-0.25, -0.2) is 4.98 Å². The summed E-state index contributed by atoms with van der Waals surface area (Å²) in [7, 11) is 0. The summed E-state index contributed by atoms with van der Waals surface area (Å²) < 4.78 is 4.31. The van der Waals surface area contributed by atoms with Gasteiger partial charge in [0, 0.05) is 30.3 Å². The van der Waals surface area contributed by atoms with Crippen molar-refractivity contribution < 1.29 is 0 Å². The fraction of sp³-hybridized carbons (Fsp3) is 0.286. The molecule has 0 N–H and O–H groups in total. The highest BCUT2D eigenvalue weighted by Crippen LogP contribution is 2.27. The van der Waals surface area contributed by atoms with Crippen LogP contribution in [0.5, 0.6) is 0 Å². The molecule has 0 saturated heterocycles. The van der Waals surface area contributed by atoms with Crippen LogP contribution in [0.25, 0.3) is 17.0 Å². The summed E-state index contributed by atoms with van der Waals surface area (Å²) in [6.45, 7) is 7.28. The lowest BCUT2D eigenvalue weighted by Crippen LogP contribution is -2.02. The molecule has 0 amide bonds. The first-order valence-electron chi connectivity index (χ1n) is 9.21. The lowest BCUT2D eigenvalue weighted by Gasteiger charge is -2.09. The SMILES string of the molecule is CCCn1c(SCc2cn3cc(C)ccc3n2)nnc1-c1cccc(C)c1. The zero-order valence-corrected chi connectivity index (χ0v) is 16.7. The van der Waals surface area contributed by atoms with E-state index in [0.717, 1.165) is 46.6 Å². The molecule has 1 aromatic carbocycles. The Labute approximate surface area is 163 Å². The maximum absolute atomic E-state index is 4.71. The summed E-state index contributed by atoms with van der Waals surface area (Å²) in [6.07, 6.45) is 5.24. The average molecular weight is 378 g/mol. The van der Waals surface area contributed by atoms with E-state index in [1.54, 1.807) is 11.8 Å². The largest absolute Gasteiger partial charge is 0.307 e. The minimum Gasteiger partial charge on any atom is -0.307 e. The normalized spacial score (nSPS) is 11.4. The molecule has 0 fully saturated rings. The molecule has 4 rings (SSSR count). The van der Waals surface area contributed by atoms with Crippen molar-refractivity contribution in [3.8, 4) is 11.4 Å². The number of fused-ring (bicyclic) bond motifs is 1. The molecule has 3 aromatic heterocycles. The molecule has 0 radical (unpaired) electrons. The molecule has 6 heteroatoms. The third kappa shape index (κ3) is 3.76. The number of rotatable bonds is 6. The predicted octanol–water partition coefficient (Wildman–Crippen LogP) is 4.91. The number of hydrogen-bond donors (Lipinski definition) is 0. The monoisotopic (exact) mass is 377 g/mol. The van der Waals surface area contributed by atoms with E-state index in [1.165, 1.54) is 11.1 Å². The summed E-state index contributed by atoms with van der Waals surface area (Å²) >= 11 is 1.69. The van der Waals surface area contributed by atoms with Crippen LogP contribution in [0.15, 0.2) is 53.9 Å². The minimum absolute atomic E-state index is 0.774. The molecule has 5 nitrogen and oxygen atoms in total. The van der Waals surface area contributed by atoms with Crippen LogP contribution in [0.3, 0.4) is 0 Å². The number of aromatic nitrogens is 5. The zero-order valence-electron chi connectivity index (χ0n) is 15.9. The Morgan fingerprint density at radius 3 is 2.70 bits per heavy atom. The Kier molecular flexibility index (Phi) is 4.99. The van der Waals surface area contributed by atoms with Gasteiger partial charge in [0.1, 0.15) is 5.65 Å². The molecule has 0 unspecified atom stereocenters. The quantitative estimate of drug-likeness (QED) is 0.448. The third-order valence-corrected chi connectivity index (χ3v) is 5.44. The molecule has 27 heavy (non-hydrogen) atoms. The number of aryl methyl sites for hydroxylation is 2. The molecule has 0 aliphatic heterocycles. The highest BCUT2D eigenvalue weighted by molar-refractivity contribution is 7.98. The first kappa shape index (κ1) is 17.8. The summed E-state index contributed by atoms with van der Waals surface area (Å²) in [5.41, 5.74) is 5.60. The average Bonchev–Trinajstić information content (AvgIpc) is 3.23. The van der Waals surface area contributed by atoms with Crippen LogP contribution >= 0.6 is 11.8 Å². The summed E-state index contributed by atoms with van der Waals surface area (Å²) in [5, 5.41) is 9.89. The van der Waals surface area contributed by atoms with Crippen molar-refractivity contribution in [3.05, 3.63) is 65.6 Å². The van der Waals surface area contributed by atoms with Crippen molar-refractivity contribution in [3.63, 3.8) is 0 Å². The molecular formula is C21H23N5S. The van der Waals surface area contributed by atoms with Gasteiger partial charge in [-0.3, -0.25) is 0 Å². The Morgan fingerprint density at radius 1 is 1.00 bits per heavy atom. The Morgan fingerprint density at radius 2 is 1.89 bits per heavy atom. The zero-order chi connectivity index (χ0) is 18.8. The fourth-order valence-electron chi connectivity index (χ4n) is 3.18. The molecule has 0 bridgehead atoms. The molecule has 0 aliphatic carbocycles. The lowest BCUT2D eigenvalue weighted by atomic mass is 10.1. The second-order valence-corrected chi connectivity index (χ2v) is 7.76. The summed E-state index contributed by atoms with van der Waals surface area (Å²) in [5.74, 6) is 1.71. The van der Waals surface area contributed by atoms with E-state index in [1.807, 2.05) is 0 Å². The van der Waals surface area contributed by atoms with Gasteiger partial charge in [0.2, 0.25) is 0 Å². The highest BCUT2D eigenvalue weighted by atomic mass is 32.2. The van der Waals surface area contributed by atoms with E-state index in [-0.39, 0.29) is 0 Å². The number of imidazole rings is 1. The van der Waals surface area contributed by atoms with E-state index in [0.29, 0.717) is 0 Å². The van der Waals surface area contributed by atoms with Crippen molar-refractivity contribution in [1.82, 2.24) is 24.1 Å². The van der Waals surface area contributed by atoms with Gasteiger partial charge >= 0.3 is 0 Å². The standard InChI is InChI=1S/C21H23N5S/c1-4-10-26-20(17-7-5-6-15(2)11-17)23-24-21(26)27-14-18-13-25-12-16(3)8-9-19(25)22-18/h5-9,11-13H,4,10,14H2,1-3H3. The topological polar surface area (TPSA) is 48.0 Å². The van der Waals surface area contributed by atoms with Gasteiger partial charge in [-0.15, -0.1) is 10.2 Å². The van der Waals surface area contributed by atoms with E-state index < -0.39 is 0 Å². The van der Waals surface area contributed by atoms with Crippen LogP contribution in [0, 0.1) is 13.8 Å². The number of thioether (sulfide) groups is 1. The molecule has 138 valence electrons. The molecule has 0 atom stereocenters. The maximum Gasteiger partial charge on any atom is 0.191 e. The summed E-state index contributed by atoms with van der Waals surface area (Å²) in [6, 6.07) is 12.6. The lowest BCUT2D eigenvalue weighted by molar-refractivity contribution is 0.626. The number of pyridine rings is 1. The van der Waals surface area contributed by atoms with Crippen molar-refractivity contribution >= 4 is 17.4 Å². The Balaban J connectivity index is 1.59. The van der Waals surface area contributed by atoms with Gasteiger partial charge in [0.05, 0.1) is 5.69 Å². The van der Waals surface area contributed by atoms with Crippen LogP contribution < -0.4 is 0 Å².